The molecule has 3 amide bonds. The Morgan fingerprint density at radius 1 is 0.976 bits per heavy atom. The summed E-state index contributed by atoms with van der Waals surface area (Å²) in [6.45, 7) is 6.87. The van der Waals surface area contributed by atoms with Gasteiger partial charge in [0.15, 0.2) is 5.82 Å². The molecule has 1 aliphatic heterocycles. The summed E-state index contributed by atoms with van der Waals surface area (Å²) >= 11 is 0. The predicted octanol–water partition coefficient (Wildman–Crippen LogP) is 3.63. The first-order valence-corrected chi connectivity index (χ1v) is 16.0. The molecule has 2 aromatic rings. The van der Waals surface area contributed by atoms with Gasteiger partial charge < -0.3 is 34.2 Å². The number of piperazine rings is 1. The van der Waals surface area contributed by atoms with Crippen LogP contribution in [0.5, 0.6) is 0 Å². The van der Waals surface area contributed by atoms with Crippen molar-refractivity contribution in [2.75, 3.05) is 64.5 Å². The molecule has 0 unspecified atom stereocenters. The molecule has 0 radical (unpaired) electrons. The van der Waals surface area contributed by atoms with Crippen molar-refractivity contribution in [3.8, 4) is 11.4 Å². The summed E-state index contributed by atoms with van der Waals surface area (Å²) in [5.74, 6) is -0.380. The number of benzene rings is 1. The summed E-state index contributed by atoms with van der Waals surface area (Å²) in [5, 5.41) is 5.64. The molecule has 13 nitrogen and oxygen atoms in total. The van der Waals surface area contributed by atoms with Gasteiger partial charge in [-0.25, -0.2) is 14.8 Å². The SMILES string of the molecule is CCCCOC(=O)N1CCN(C(=O)[C@H](CP(=O)(OCC)OCC)NC(=O)c2cc(NC)nc(-c3ccccc3)n2)CC1. The number of ether oxygens (including phenoxy) is 1. The van der Waals surface area contributed by atoms with Gasteiger partial charge in [-0.1, -0.05) is 43.7 Å². The van der Waals surface area contributed by atoms with Crippen molar-refractivity contribution < 1.29 is 32.7 Å². The van der Waals surface area contributed by atoms with E-state index in [1.165, 1.54) is 11.0 Å². The number of anilines is 1. The van der Waals surface area contributed by atoms with Crippen molar-refractivity contribution in [1.29, 1.82) is 0 Å². The number of carbonyl (C=O) groups excluding carboxylic acids is 3. The van der Waals surface area contributed by atoms with E-state index in [0.717, 1.165) is 12.8 Å². The topological polar surface area (TPSA) is 152 Å². The van der Waals surface area contributed by atoms with Crippen molar-refractivity contribution in [2.45, 2.75) is 39.7 Å². The Kier molecular flexibility index (Phi) is 12.7. The molecule has 2 heterocycles. The summed E-state index contributed by atoms with van der Waals surface area (Å²) < 4.78 is 29.6. The lowest BCUT2D eigenvalue weighted by atomic mass is 10.2. The Morgan fingerprint density at radius 2 is 1.62 bits per heavy atom. The van der Waals surface area contributed by atoms with Crippen LogP contribution in [0, 0.1) is 0 Å². The molecule has 0 bridgehead atoms. The number of nitrogens with zero attached hydrogens (tertiary/aromatic N) is 4. The summed E-state index contributed by atoms with van der Waals surface area (Å²) in [7, 11) is -2.06. The number of carbonyl (C=O) groups is 3. The molecule has 1 aromatic carbocycles. The number of unbranched alkanes of at least 4 members (excludes halogenated alkanes) is 1. The lowest BCUT2D eigenvalue weighted by Crippen LogP contribution is -2.57. The van der Waals surface area contributed by atoms with Crippen molar-refractivity contribution in [3.05, 3.63) is 42.1 Å². The molecule has 1 aromatic heterocycles. The zero-order valence-electron chi connectivity index (χ0n) is 24.7. The molecule has 0 saturated carbocycles. The molecule has 1 saturated heterocycles. The third kappa shape index (κ3) is 9.23. The van der Waals surface area contributed by atoms with Gasteiger partial charge >= 0.3 is 13.7 Å². The Morgan fingerprint density at radius 3 is 2.21 bits per heavy atom. The van der Waals surface area contributed by atoms with Gasteiger partial charge in [-0.15, -0.1) is 0 Å². The second-order valence-corrected chi connectivity index (χ2v) is 11.6. The minimum atomic E-state index is -3.74. The fourth-order valence-corrected chi connectivity index (χ4v) is 6.08. The van der Waals surface area contributed by atoms with Gasteiger partial charge in [0, 0.05) is 44.9 Å². The highest BCUT2D eigenvalue weighted by Crippen LogP contribution is 2.48. The van der Waals surface area contributed by atoms with Crippen LogP contribution in [0.4, 0.5) is 10.6 Å². The number of rotatable bonds is 14. The Balaban J connectivity index is 1.82. The van der Waals surface area contributed by atoms with Gasteiger partial charge in [-0.2, -0.15) is 0 Å². The molecular formula is C28H41N6O7P. The average Bonchev–Trinajstić information content (AvgIpc) is 3.00. The number of hydrogen-bond donors (Lipinski definition) is 2. The quantitative estimate of drug-likeness (QED) is 0.242. The summed E-state index contributed by atoms with van der Waals surface area (Å²) in [6.07, 6.45) is 0.902. The number of hydrogen-bond acceptors (Lipinski definition) is 10. The second-order valence-electron chi connectivity index (χ2n) is 9.51. The lowest BCUT2D eigenvalue weighted by Gasteiger charge is -2.36. The third-order valence-corrected chi connectivity index (χ3v) is 8.60. The number of aromatic nitrogens is 2. The van der Waals surface area contributed by atoms with Gasteiger partial charge in [0.25, 0.3) is 5.91 Å². The van der Waals surface area contributed by atoms with Crippen LogP contribution in [0.25, 0.3) is 11.4 Å². The Hall–Kier alpha value is -3.54. The highest BCUT2D eigenvalue weighted by Gasteiger charge is 2.37. The van der Waals surface area contributed by atoms with Crippen molar-refractivity contribution >= 4 is 31.3 Å². The molecule has 1 aliphatic rings. The van der Waals surface area contributed by atoms with E-state index in [2.05, 4.69) is 20.6 Å². The van der Waals surface area contributed by atoms with Crippen LogP contribution >= 0.6 is 7.60 Å². The maximum atomic E-state index is 13.7. The third-order valence-electron chi connectivity index (χ3n) is 6.48. The average molecular weight is 605 g/mol. The van der Waals surface area contributed by atoms with Crippen LogP contribution < -0.4 is 10.6 Å². The molecular weight excluding hydrogens is 563 g/mol. The van der Waals surface area contributed by atoms with Crippen LogP contribution in [-0.2, 0) is 23.1 Å². The van der Waals surface area contributed by atoms with Crippen molar-refractivity contribution in [2.24, 2.45) is 0 Å². The Bertz CT molecular complexity index is 1230. The zero-order chi connectivity index (χ0) is 30.5. The molecule has 230 valence electrons. The van der Waals surface area contributed by atoms with Gasteiger partial charge in [0.2, 0.25) is 5.91 Å². The molecule has 1 atom stereocenters. The monoisotopic (exact) mass is 604 g/mol. The normalized spacial score (nSPS) is 14.3. The van der Waals surface area contributed by atoms with Crippen LogP contribution in [0.2, 0.25) is 0 Å². The van der Waals surface area contributed by atoms with Gasteiger partial charge in [-0.05, 0) is 20.3 Å². The van der Waals surface area contributed by atoms with Gasteiger partial charge in [0.1, 0.15) is 17.6 Å². The van der Waals surface area contributed by atoms with Crippen LogP contribution in [-0.4, -0.2) is 103 Å². The van der Waals surface area contributed by atoms with E-state index in [9.17, 15) is 18.9 Å². The van der Waals surface area contributed by atoms with E-state index in [1.54, 1.807) is 25.8 Å². The van der Waals surface area contributed by atoms with Gasteiger partial charge in [-0.3, -0.25) is 14.2 Å². The predicted molar refractivity (Wildman–Crippen MR) is 158 cm³/mol. The smallest absolute Gasteiger partial charge is 0.409 e. The van der Waals surface area contributed by atoms with Crippen molar-refractivity contribution in [3.63, 3.8) is 0 Å². The van der Waals surface area contributed by atoms with E-state index < -0.39 is 31.5 Å². The minimum absolute atomic E-state index is 0.0216. The summed E-state index contributed by atoms with van der Waals surface area (Å²) in [6, 6.07) is 9.41. The molecule has 3 rings (SSSR count). The van der Waals surface area contributed by atoms with E-state index in [1.807, 2.05) is 37.3 Å². The van der Waals surface area contributed by atoms with E-state index >= 15 is 0 Å². The maximum absolute atomic E-state index is 13.7. The van der Waals surface area contributed by atoms with E-state index in [4.69, 9.17) is 13.8 Å². The highest BCUT2D eigenvalue weighted by atomic mass is 31.2. The second kappa shape index (κ2) is 16.2. The molecule has 0 aliphatic carbocycles. The van der Waals surface area contributed by atoms with Crippen molar-refractivity contribution in [1.82, 2.24) is 25.1 Å². The zero-order valence-corrected chi connectivity index (χ0v) is 25.6. The molecule has 0 spiro atoms. The minimum Gasteiger partial charge on any atom is -0.449 e. The highest BCUT2D eigenvalue weighted by molar-refractivity contribution is 7.54. The summed E-state index contributed by atoms with van der Waals surface area (Å²) in [5.41, 5.74) is 0.730. The van der Waals surface area contributed by atoms with E-state index in [0.29, 0.717) is 23.8 Å². The molecule has 42 heavy (non-hydrogen) atoms. The van der Waals surface area contributed by atoms with Gasteiger partial charge in [0.05, 0.1) is 26.0 Å². The number of nitrogens with one attached hydrogen (secondary N) is 2. The van der Waals surface area contributed by atoms with Crippen LogP contribution in [0.1, 0.15) is 44.1 Å². The first-order chi connectivity index (χ1) is 20.2. The van der Waals surface area contributed by atoms with E-state index in [-0.39, 0.29) is 51.2 Å². The van der Waals surface area contributed by atoms with Crippen LogP contribution in [0.15, 0.2) is 36.4 Å². The lowest BCUT2D eigenvalue weighted by molar-refractivity contribution is -0.134. The first kappa shape index (κ1) is 33.0. The largest absolute Gasteiger partial charge is 0.449 e. The molecule has 1 fully saturated rings. The summed E-state index contributed by atoms with van der Waals surface area (Å²) in [4.78, 5) is 51.6. The first-order valence-electron chi connectivity index (χ1n) is 14.2. The van der Waals surface area contributed by atoms with Crippen LogP contribution in [0.3, 0.4) is 0 Å². The number of amides is 3. The molecule has 2 N–H and O–H groups in total. The Labute approximate surface area is 246 Å². The fraction of sp³-hybridized carbons (Fsp3) is 0.536. The standard InChI is InChI=1S/C28H41N6O7P/c1-5-8-18-39-28(37)34-16-14-33(15-17-34)27(36)23(20-42(38,40-6-2)41-7-3)31-26(35)22-19-24(29-4)32-25(30-22)21-12-10-9-11-13-21/h9-13,19,23H,5-8,14-18,20H2,1-4H3,(H,31,35)(H,29,30,32)/t23-/m0/s1. The fourth-order valence-electron chi connectivity index (χ4n) is 4.31. The maximum Gasteiger partial charge on any atom is 0.409 e. The molecule has 14 heteroatoms.